The van der Waals surface area contributed by atoms with Gasteiger partial charge in [0, 0.05) is 22.5 Å². The van der Waals surface area contributed by atoms with Crippen LogP contribution in [0.5, 0.6) is 0 Å². The normalized spacial score (nSPS) is 10.4. The number of aromatic amines is 1. The van der Waals surface area contributed by atoms with Crippen molar-refractivity contribution < 1.29 is 19.1 Å². The van der Waals surface area contributed by atoms with Crippen molar-refractivity contribution in [2.24, 2.45) is 5.73 Å². The van der Waals surface area contributed by atoms with Crippen molar-refractivity contribution in [1.82, 2.24) is 9.97 Å². The van der Waals surface area contributed by atoms with Crippen molar-refractivity contribution in [3.63, 3.8) is 0 Å². The lowest BCUT2D eigenvalue weighted by Crippen LogP contribution is -2.21. The lowest BCUT2D eigenvalue weighted by Gasteiger charge is -2.07. The van der Waals surface area contributed by atoms with Crippen LogP contribution in [0.15, 0.2) is 48.5 Å². The maximum atomic E-state index is 12.2. The highest BCUT2D eigenvalue weighted by molar-refractivity contribution is 5.97. The van der Waals surface area contributed by atoms with Crippen LogP contribution in [0.4, 0.5) is 5.69 Å². The van der Waals surface area contributed by atoms with E-state index in [0.29, 0.717) is 16.8 Å². The third-order valence-electron chi connectivity index (χ3n) is 4.31. The fourth-order valence-electron chi connectivity index (χ4n) is 2.58. The number of nitrogens with two attached hydrogens (primary N) is 1. The summed E-state index contributed by atoms with van der Waals surface area (Å²) < 4.78 is 5.04. The molecule has 4 N–H and O–H groups in total. The zero-order valence-electron chi connectivity index (χ0n) is 16.0. The zero-order chi connectivity index (χ0) is 21.0. The molecule has 0 fully saturated rings. The predicted octanol–water partition coefficient (Wildman–Crippen LogP) is 2.59. The quantitative estimate of drug-likeness (QED) is 0.556. The molecule has 2 aromatic carbocycles. The fourth-order valence-corrected chi connectivity index (χ4v) is 2.58. The van der Waals surface area contributed by atoms with Crippen LogP contribution in [0.1, 0.15) is 32.1 Å². The van der Waals surface area contributed by atoms with Crippen LogP contribution in [-0.4, -0.2) is 34.4 Å². The van der Waals surface area contributed by atoms with Crippen molar-refractivity contribution in [2.45, 2.75) is 13.8 Å². The molecule has 8 nitrogen and oxygen atoms in total. The topological polar surface area (TPSA) is 127 Å². The van der Waals surface area contributed by atoms with Crippen molar-refractivity contribution in [2.75, 3.05) is 11.9 Å². The molecule has 1 heterocycles. The molecule has 0 atom stereocenters. The number of carbonyl (C=O) groups is 3. The molecule has 0 unspecified atom stereocenters. The van der Waals surface area contributed by atoms with Crippen LogP contribution in [0.25, 0.3) is 11.4 Å². The lowest BCUT2D eigenvalue weighted by molar-refractivity contribution is -0.119. The fraction of sp³-hybridized carbons (Fsp3) is 0.143. The minimum Gasteiger partial charge on any atom is -0.452 e. The molecule has 2 amide bonds. The van der Waals surface area contributed by atoms with Gasteiger partial charge >= 0.3 is 5.97 Å². The number of H-pyrrole nitrogens is 1. The number of amides is 2. The SMILES string of the molecule is Cc1nc(-c2ccc(C(=O)OCC(=O)Nc3ccc(C(N)=O)cc3)cc2)[nH]c1C. The number of hydrogen-bond donors (Lipinski definition) is 3. The van der Waals surface area contributed by atoms with Crippen molar-refractivity contribution >= 4 is 23.5 Å². The summed E-state index contributed by atoms with van der Waals surface area (Å²) in [7, 11) is 0. The van der Waals surface area contributed by atoms with Crippen molar-refractivity contribution in [3.8, 4) is 11.4 Å². The van der Waals surface area contributed by atoms with Gasteiger partial charge in [0.1, 0.15) is 5.82 Å². The molecule has 0 saturated carbocycles. The summed E-state index contributed by atoms with van der Waals surface area (Å²) in [5.41, 5.74) is 9.03. The van der Waals surface area contributed by atoms with E-state index in [0.717, 1.165) is 22.8 Å². The van der Waals surface area contributed by atoms with E-state index in [-0.39, 0.29) is 0 Å². The van der Waals surface area contributed by atoms with Gasteiger partial charge in [0.2, 0.25) is 5.91 Å². The molecule has 148 valence electrons. The van der Waals surface area contributed by atoms with Crippen LogP contribution >= 0.6 is 0 Å². The van der Waals surface area contributed by atoms with Gasteiger partial charge in [0.15, 0.2) is 6.61 Å². The largest absolute Gasteiger partial charge is 0.452 e. The molecule has 3 rings (SSSR count). The van der Waals surface area contributed by atoms with Gasteiger partial charge in [-0.2, -0.15) is 0 Å². The number of ether oxygens (including phenoxy) is 1. The number of aryl methyl sites for hydroxylation is 2. The summed E-state index contributed by atoms with van der Waals surface area (Å²) in [5.74, 6) is -0.937. The molecule has 0 aliphatic heterocycles. The molecule has 29 heavy (non-hydrogen) atoms. The number of nitrogens with zero attached hydrogens (tertiary/aromatic N) is 1. The standard InChI is InChI=1S/C21H20N4O4/c1-12-13(2)24-20(23-12)15-3-5-16(6-4-15)21(28)29-11-18(26)25-17-9-7-14(8-10-17)19(22)27/h3-10H,11H2,1-2H3,(H2,22,27)(H,23,24)(H,25,26). The first kappa shape index (κ1) is 19.8. The number of aromatic nitrogens is 2. The minimum atomic E-state index is -0.609. The second-order valence-corrected chi connectivity index (χ2v) is 6.44. The number of nitrogens with one attached hydrogen (secondary N) is 2. The first-order chi connectivity index (χ1) is 13.8. The van der Waals surface area contributed by atoms with E-state index < -0.39 is 24.4 Å². The highest BCUT2D eigenvalue weighted by Crippen LogP contribution is 2.18. The van der Waals surface area contributed by atoms with Crippen LogP contribution in [0, 0.1) is 13.8 Å². The summed E-state index contributed by atoms with van der Waals surface area (Å²) in [6, 6.07) is 12.8. The Balaban J connectivity index is 1.54. The third kappa shape index (κ3) is 4.86. The summed E-state index contributed by atoms with van der Waals surface area (Å²) in [6.07, 6.45) is 0. The number of rotatable bonds is 6. The van der Waals surface area contributed by atoms with Crippen LogP contribution < -0.4 is 11.1 Å². The molecule has 0 bridgehead atoms. The van der Waals surface area contributed by atoms with Gasteiger partial charge in [0.25, 0.3) is 5.91 Å². The number of primary amides is 1. The highest BCUT2D eigenvalue weighted by Gasteiger charge is 2.12. The van der Waals surface area contributed by atoms with Gasteiger partial charge in [-0.25, -0.2) is 9.78 Å². The van der Waals surface area contributed by atoms with Gasteiger partial charge in [-0.1, -0.05) is 12.1 Å². The van der Waals surface area contributed by atoms with Crippen LogP contribution in [0.3, 0.4) is 0 Å². The molecule has 0 radical (unpaired) electrons. The molecule has 3 aromatic rings. The number of anilines is 1. The van der Waals surface area contributed by atoms with Gasteiger partial charge in [-0.05, 0) is 50.2 Å². The molecule has 0 saturated heterocycles. The summed E-state index contributed by atoms with van der Waals surface area (Å²) in [4.78, 5) is 42.7. The Morgan fingerprint density at radius 1 is 1.00 bits per heavy atom. The van der Waals surface area contributed by atoms with E-state index in [1.165, 1.54) is 24.3 Å². The lowest BCUT2D eigenvalue weighted by atomic mass is 10.1. The van der Waals surface area contributed by atoms with Crippen LogP contribution in [-0.2, 0) is 9.53 Å². The Labute approximate surface area is 167 Å². The van der Waals surface area contributed by atoms with E-state index in [4.69, 9.17) is 10.5 Å². The number of benzene rings is 2. The molecule has 8 heteroatoms. The maximum absolute atomic E-state index is 12.2. The number of esters is 1. The Morgan fingerprint density at radius 2 is 1.62 bits per heavy atom. The average Bonchev–Trinajstić information content (AvgIpc) is 3.05. The summed E-state index contributed by atoms with van der Waals surface area (Å²) in [6.45, 7) is 3.42. The molecule has 1 aromatic heterocycles. The molecular weight excluding hydrogens is 372 g/mol. The number of hydrogen-bond acceptors (Lipinski definition) is 5. The Morgan fingerprint density at radius 3 is 2.17 bits per heavy atom. The molecular formula is C21H20N4O4. The Hall–Kier alpha value is -3.94. The number of carbonyl (C=O) groups excluding carboxylic acids is 3. The third-order valence-corrected chi connectivity index (χ3v) is 4.31. The summed E-state index contributed by atoms with van der Waals surface area (Å²) in [5, 5.41) is 2.57. The van der Waals surface area contributed by atoms with E-state index >= 15 is 0 Å². The molecule has 0 aliphatic carbocycles. The van der Waals surface area contributed by atoms with Crippen LogP contribution in [0.2, 0.25) is 0 Å². The second kappa shape index (κ2) is 8.39. The first-order valence-corrected chi connectivity index (χ1v) is 8.84. The monoisotopic (exact) mass is 392 g/mol. The maximum Gasteiger partial charge on any atom is 0.338 e. The van der Waals surface area contributed by atoms with E-state index in [1.807, 2.05) is 13.8 Å². The molecule has 0 aliphatic rings. The highest BCUT2D eigenvalue weighted by atomic mass is 16.5. The predicted molar refractivity (Wildman–Crippen MR) is 107 cm³/mol. The summed E-state index contributed by atoms with van der Waals surface area (Å²) >= 11 is 0. The molecule has 0 spiro atoms. The number of imidazole rings is 1. The van der Waals surface area contributed by atoms with Crippen molar-refractivity contribution in [3.05, 3.63) is 71.0 Å². The Kier molecular flexibility index (Phi) is 5.73. The van der Waals surface area contributed by atoms with E-state index in [9.17, 15) is 14.4 Å². The second-order valence-electron chi connectivity index (χ2n) is 6.44. The average molecular weight is 392 g/mol. The van der Waals surface area contributed by atoms with Gasteiger partial charge in [0.05, 0.1) is 11.3 Å². The van der Waals surface area contributed by atoms with Gasteiger partial charge < -0.3 is 20.8 Å². The first-order valence-electron chi connectivity index (χ1n) is 8.84. The van der Waals surface area contributed by atoms with Crippen molar-refractivity contribution in [1.29, 1.82) is 0 Å². The Bertz CT molecular complexity index is 1030. The minimum absolute atomic E-state index is 0.326. The van der Waals surface area contributed by atoms with Gasteiger partial charge in [-0.3, -0.25) is 9.59 Å². The van der Waals surface area contributed by atoms with E-state index in [2.05, 4.69) is 15.3 Å². The zero-order valence-corrected chi connectivity index (χ0v) is 16.0. The van der Waals surface area contributed by atoms with E-state index in [1.54, 1.807) is 24.3 Å². The van der Waals surface area contributed by atoms with Gasteiger partial charge in [-0.15, -0.1) is 0 Å². The smallest absolute Gasteiger partial charge is 0.338 e.